The molecule has 0 fully saturated rings. The van der Waals surface area contributed by atoms with Crippen LogP contribution in [0.3, 0.4) is 0 Å². The Hall–Kier alpha value is -3.79. The minimum absolute atomic E-state index is 0.0291. The molecule has 0 radical (unpaired) electrons. The number of H-pyrrole nitrogens is 1. The average Bonchev–Trinajstić information content (AvgIpc) is 3.07. The van der Waals surface area contributed by atoms with Crippen LogP contribution in [0.25, 0.3) is 22.2 Å². The third kappa shape index (κ3) is 4.57. The fraction of sp³-hybridized carbons (Fsp3) is 0.259. The zero-order valence-electron chi connectivity index (χ0n) is 20.6. The summed E-state index contributed by atoms with van der Waals surface area (Å²) in [5.41, 5.74) is 3.59. The van der Waals surface area contributed by atoms with Gasteiger partial charge in [0.15, 0.2) is 21.4 Å². The highest BCUT2D eigenvalue weighted by molar-refractivity contribution is 7.90. The van der Waals surface area contributed by atoms with E-state index < -0.39 is 32.3 Å². The number of aromatic nitrogens is 2. The summed E-state index contributed by atoms with van der Waals surface area (Å²) in [7, 11) is -3.80. The number of hydrogen-bond acceptors (Lipinski definition) is 5. The maximum absolute atomic E-state index is 15.1. The molecular weight excluding hydrogens is 500 g/mol. The molecule has 37 heavy (non-hydrogen) atoms. The summed E-state index contributed by atoms with van der Waals surface area (Å²) in [4.78, 5) is 22.1. The molecule has 3 aromatic carbocycles. The van der Waals surface area contributed by atoms with Crippen LogP contribution < -0.4 is 4.74 Å². The lowest BCUT2D eigenvalue weighted by molar-refractivity contribution is 0.0731. The van der Waals surface area contributed by atoms with Crippen molar-refractivity contribution in [3.8, 4) is 16.9 Å². The van der Waals surface area contributed by atoms with Crippen LogP contribution in [-0.4, -0.2) is 48.6 Å². The second-order valence-corrected chi connectivity index (χ2v) is 11.1. The molecule has 1 aliphatic heterocycles. The number of carbonyl (C=O) groups is 1. The highest BCUT2D eigenvalue weighted by Gasteiger charge is 2.28. The van der Waals surface area contributed by atoms with Crippen molar-refractivity contribution >= 4 is 26.8 Å². The predicted molar refractivity (Wildman–Crippen MR) is 135 cm³/mol. The van der Waals surface area contributed by atoms with E-state index >= 15 is 8.78 Å². The number of hydrogen-bond donors (Lipinski definition) is 1. The largest absolute Gasteiger partial charge is 0.488 e. The fourth-order valence-corrected chi connectivity index (χ4v) is 5.50. The number of imidazole rings is 1. The molecule has 7 nitrogen and oxygen atoms in total. The van der Waals surface area contributed by atoms with Crippen LogP contribution in [0.5, 0.6) is 5.75 Å². The SMILES string of the molecule is CCc1c(C(=O)N2CCOc3c(F)cc(-c4ccc5nc(C)[nH]c5c4)cc3C2)ccc(S(C)(=O)=O)c1F. The summed E-state index contributed by atoms with van der Waals surface area (Å²) in [6, 6.07) is 11.2. The van der Waals surface area contributed by atoms with Gasteiger partial charge >= 0.3 is 0 Å². The molecule has 0 unspecified atom stereocenters. The van der Waals surface area contributed by atoms with Gasteiger partial charge in [-0.25, -0.2) is 22.2 Å². The van der Waals surface area contributed by atoms with Crippen molar-refractivity contribution in [2.24, 2.45) is 0 Å². The Morgan fingerprint density at radius 2 is 1.92 bits per heavy atom. The Kier molecular flexibility index (Phi) is 6.23. The van der Waals surface area contributed by atoms with Crippen LogP contribution >= 0.6 is 0 Å². The van der Waals surface area contributed by atoms with E-state index in [-0.39, 0.29) is 43.0 Å². The second-order valence-electron chi connectivity index (χ2n) is 9.11. The lowest BCUT2D eigenvalue weighted by Crippen LogP contribution is -2.33. The summed E-state index contributed by atoms with van der Waals surface area (Å²) in [6.45, 7) is 3.76. The first-order valence-corrected chi connectivity index (χ1v) is 13.7. The minimum Gasteiger partial charge on any atom is -0.488 e. The van der Waals surface area contributed by atoms with Crippen LogP contribution in [0.4, 0.5) is 8.78 Å². The number of benzene rings is 3. The van der Waals surface area contributed by atoms with E-state index in [0.29, 0.717) is 11.1 Å². The van der Waals surface area contributed by atoms with Gasteiger partial charge in [0.2, 0.25) is 0 Å². The molecule has 1 aliphatic rings. The molecule has 0 atom stereocenters. The molecular formula is C27H25F2N3O4S. The molecule has 0 aliphatic carbocycles. The van der Waals surface area contributed by atoms with E-state index in [1.165, 1.54) is 17.0 Å². The van der Waals surface area contributed by atoms with Crippen molar-refractivity contribution in [1.82, 2.24) is 14.9 Å². The summed E-state index contributed by atoms with van der Waals surface area (Å²) in [5.74, 6) is -1.09. The van der Waals surface area contributed by atoms with Crippen molar-refractivity contribution in [2.45, 2.75) is 31.7 Å². The third-order valence-corrected chi connectivity index (χ3v) is 7.62. The van der Waals surface area contributed by atoms with Gasteiger partial charge < -0.3 is 14.6 Å². The predicted octanol–water partition coefficient (Wildman–Crippen LogP) is 4.82. The van der Waals surface area contributed by atoms with Crippen molar-refractivity contribution < 1.29 is 26.7 Å². The van der Waals surface area contributed by atoms with E-state index in [1.54, 1.807) is 13.0 Å². The van der Waals surface area contributed by atoms with Crippen LogP contribution in [0.15, 0.2) is 47.4 Å². The minimum atomic E-state index is -3.80. The summed E-state index contributed by atoms with van der Waals surface area (Å²) in [6.07, 6.45) is 1.05. The fourth-order valence-electron chi connectivity index (χ4n) is 4.73. The van der Waals surface area contributed by atoms with Crippen molar-refractivity contribution in [3.63, 3.8) is 0 Å². The molecule has 2 heterocycles. The van der Waals surface area contributed by atoms with E-state index in [4.69, 9.17) is 4.74 Å². The Balaban J connectivity index is 1.52. The van der Waals surface area contributed by atoms with Gasteiger partial charge in [-0.05, 0) is 60.9 Å². The van der Waals surface area contributed by atoms with Crippen LogP contribution in [-0.2, 0) is 22.8 Å². The number of nitrogens with zero attached hydrogens (tertiary/aromatic N) is 2. The average molecular weight is 526 g/mol. The van der Waals surface area contributed by atoms with Crippen molar-refractivity contribution in [1.29, 1.82) is 0 Å². The lowest BCUT2D eigenvalue weighted by Gasteiger charge is -2.22. The van der Waals surface area contributed by atoms with E-state index in [9.17, 15) is 13.2 Å². The standard InChI is InChI=1S/C27H25F2N3O4S/c1-4-19-20(6-8-24(25(19)29)37(3,34)35)27(33)32-9-10-36-26-18(14-32)11-17(12-21(26)28)16-5-7-22-23(13-16)31-15(2)30-22/h5-8,11-13H,4,9-10,14H2,1-3H3,(H,30,31). The summed E-state index contributed by atoms with van der Waals surface area (Å²) < 4.78 is 59.8. The zero-order valence-corrected chi connectivity index (χ0v) is 21.4. The van der Waals surface area contributed by atoms with Crippen molar-refractivity contribution in [2.75, 3.05) is 19.4 Å². The highest BCUT2D eigenvalue weighted by atomic mass is 32.2. The molecule has 192 valence electrons. The van der Waals surface area contributed by atoms with E-state index in [2.05, 4.69) is 9.97 Å². The molecule has 10 heteroatoms. The molecule has 0 saturated carbocycles. The second kappa shape index (κ2) is 9.26. The quantitative estimate of drug-likeness (QED) is 0.413. The molecule has 4 aromatic rings. The molecule has 1 amide bonds. The zero-order chi connectivity index (χ0) is 26.5. The van der Waals surface area contributed by atoms with Crippen molar-refractivity contribution in [3.05, 3.63) is 76.6 Å². The summed E-state index contributed by atoms with van der Waals surface area (Å²) in [5, 5.41) is 0. The maximum atomic E-state index is 15.1. The molecule has 0 bridgehead atoms. The molecule has 0 spiro atoms. The highest BCUT2D eigenvalue weighted by Crippen LogP contribution is 2.34. The molecule has 5 rings (SSSR count). The van der Waals surface area contributed by atoms with Gasteiger partial charge in [0.1, 0.15) is 23.1 Å². The first-order chi connectivity index (χ1) is 17.6. The number of rotatable bonds is 4. The monoisotopic (exact) mass is 525 g/mol. The van der Waals surface area contributed by atoms with Gasteiger partial charge in [-0.15, -0.1) is 0 Å². The Morgan fingerprint density at radius 1 is 1.14 bits per heavy atom. The van der Waals surface area contributed by atoms with Gasteiger partial charge in [-0.2, -0.15) is 0 Å². The Morgan fingerprint density at radius 3 is 2.65 bits per heavy atom. The van der Waals surface area contributed by atoms with Gasteiger partial charge in [0, 0.05) is 29.5 Å². The lowest BCUT2D eigenvalue weighted by atomic mass is 10.0. The topological polar surface area (TPSA) is 92.4 Å². The maximum Gasteiger partial charge on any atom is 0.254 e. The number of halogens is 2. The normalized spacial score (nSPS) is 13.8. The third-order valence-electron chi connectivity index (χ3n) is 6.50. The number of fused-ring (bicyclic) bond motifs is 2. The smallest absolute Gasteiger partial charge is 0.254 e. The van der Waals surface area contributed by atoms with Gasteiger partial charge in [0.05, 0.1) is 17.6 Å². The number of carbonyl (C=O) groups excluding carboxylic acids is 1. The number of amides is 1. The first kappa shape index (κ1) is 24.9. The first-order valence-electron chi connectivity index (χ1n) is 11.8. The van der Waals surface area contributed by atoms with E-state index in [1.807, 2.05) is 25.1 Å². The van der Waals surface area contributed by atoms with Gasteiger partial charge in [0.25, 0.3) is 5.91 Å². The van der Waals surface area contributed by atoms with Crippen LogP contribution in [0.2, 0.25) is 0 Å². The van der Waals surface area contributed by atoms with Crippen LogP contribution in [0.1, 0.15) is 34.2 Å². The number of nitrogens with one attached hydrogen (secondary N) is 1. The van der Waals surface area contributed by atoms with E-state index in [0.717, 1.165) is 34.7 Å². The van der Waals surface area contributed by atoms with Gasteiger partial charge in [-0.1, -0.05) is 13.0 Å². The number of aromatic amines is 1. The van der Waals surface area contributed by atoms with Crippen LogP contribution in [0, 0.1) is 18.6 Å². The molecule has 0 saturated heterocycles. The molecule has 1 N–H and O–H groups in total. The van der Waals surface area contributed by atoms with Gasteiger partial charge in [-0.3, -0.25) is 4.79 Å². The summed E-state index contributed by atoms with van der Waals surface area (Å²) >= 11 is 0. The number of ether oxygens (including phenoxy) is 1. The number of sulfone groups is 1. The number of aryl methyl sites for hydroxylation is 1. The Bertz CT molecular complexity index is 1660. The molecule has 1 aromatic heterocycles. The Labute approximate surface area is 213 Å².